The van der Waals surface area contributed by atoms with Crippen molar-refractivity contribution in [2.45, 2.75) is 18.8 Å². The van der Waals surface area contributed by atoms with Crippen LogP contribution < -0.4 is 0 Å². The van der Waals surface area contributed by atoms with Gasteiger partial charge in [0, 0.05) is 19.6 Å². The molecule has 0 radical (unpaired) electrons. The standard InChI is InChI=1S/C24H22F3NO/c25-24(26,27)22-15-18(11-12-21(22)19-7-3-1-4-8-19)16-28-13-14-29-23(17-28)20-9-5-2-6-10-20/h1-12,15,23H,13-14,16-17H2. The van der Waals surface area contributed by atoms with Crippen molar-refractivity contribution in [3.8, 4) is 11.1 Å². The summed E-state index contributed by atoms with van der Waals surface area (Å²) in [6.07, 6.45) is -4.46. The highest BCUT2D eigenvalue weighted by Crippen LogP contribution is 2.38. The van der Waals surface area contributed by atoms with Crippen LogP contribution in [0.3, 0.4) is 0 Å². The molecule has 29 heavy (non-hydrogen) atoms. The minimum absolute atomic E-state index is 0.0596. The minimum atomic E-state index is -4.40. The van der Waals surface area contributed by atoms with E-state index in [1.54, 1.807) is 42.5 Å². The highest BCUT2D eigenvalue weighted by Gasteiger charge is 2.34. The Morgan fingerprint density at radius 2 is 1.59 bits per heavy atom. The highest BCUT2D eigenvalue weighted by molar-refractivity contribution is 5.68. The molecule has 0 spiro atoms. The molecule has 1 heterocycles. The number of alkyl halides is 3. The van der Waals surface area contributed by atoms with Gasteiger partial charge in [-0.15, -0.1) is 0 Å². The average Bonchev–Trinajstić information content (AvgIpc) is 2.75. The van der Waals surface area contributed by atoms with Crippen molar-refractivity contribution in [3.05, 3.63) is 95.6 Å². The van der Waals surface area contributed by atoms with Gasteiger partial charge in [0.15, 0.2) is 0 Å². The summed E-state index contributed by atoms with van der Waals surface area (Å²) in [4.78, 5) is 2.15. The SMILES string of the molecule is FC(F)(F)c1cc(CN2CCOC(c3ccccc3)C2)ccc1-c1ccccc1. The molecule has 0 N–H and O–H groups in total. The lowest BCUT2D eigenvalue weighted by Gasteiger charge is -2.33. The molecule has 1 fully saturated rings. The van der Waals surface area contributed by atoms with Crippen LogP contribution in [0.1, 0.15) is 22.8 Å². The van der Waals surface area contributed by atoms with Crippen molar-refractivity contribution in [2.75, 3.05) is 19.7 Å². The number of hydrogen-bond donors (Lipinski definition) is 0. The van der Waals surface area contributed by atoms with Gasteiger partial charge in [0.05, 0.1) is 18.3 Å². The van der Waals surface area contributed by atoms with E-state index in [1.807, 2.05) is 30.3 Å². The summed E-state index contributed by atoms with van der Waals surface area (Å²) in [5.74, 6) is 0. The Morgan fingerprint density at radius 3 is 2.28 bits per heavy atom. The molecule has 1 aliphatic heterocycles. The molecule has 1 atom stereocenters. The number of hydrogen-bond acceptors (Lipinski definition) is 2. The van der Waals surface area contributed by atoms with Crippen LogP contribution in [0, 0.1) is 0 Å². The van der Waals surface area contributed by atoms with Crippen molar-refractivity contribution < 1.29 is 17.9 Å². The molecule has 3 aromatic carbocycles. The fourth-order valence-electron chi connectivity index (χ4n) is 3.77. The number of morpholine rings is 1. The van der Waals surface area contributed by atoms with Gasteiger partial charge in [-0.25, -0.2) is 0 Å². The maximum absolute atomic E-state index is 13.7. The van der Waals surface area contributed by atoms with E-state index in [0.29, 0.717) is 37.4 Å². The minimum Gasteiger partial charge on any atom is -0.371 e. The lowest BCUT2D eigenvalue weighted by molar-refractivity contribution is -0.137. The van der Waals surface area contributed by atoms with Crippen LogP contribution in [0.2, 0.25) is 0 Å². The number of benzene rings is 3. The molecule has 0 saturated carbocycles. The van der Waals surface area contributed by atoms with Gasteiger partial charge in [-0.2, -0.15) is 13.2 Å². The highest BCUT2D eigenvalue weighted by atomic mass is 19.4. The summed E-state index contributed by atoms with van der Waals surface area (Å²) in [5, 5.41) is 0. The molecule has 2 nitrogen and oxygen atoms in total. The van der Waals surface area contributed by atoms with Gasteiger partial charge in [0.1, 0.15) is 0 Å². The van der Waals surface area contributed by atoms with E-state index in [2.05, 4.69) is 4.90 Å². The zero-order valence-corrected chi connectivity index (χ0v) is 15.9. The van der Waals surface area contributed by atoms with Gasteiger partial charge in [-0.1, -0.05) is 72.8 Å². The molecule has 5 heteroatoms. The lowest BCUT2D eigenvalue weighted by Crippen LogP contribution is -2.37. The van der Waals surface area contributed by atoms with Gasteiger partial charge < -0.3 is 4.74 Å². The molecule has 0 amide bonds. The van der Waals surface area contributed by atoms with E-state index in [1.165, 1.54) is 6.07 Å². The molecule has 0 bridgehead atoms. The van der Waals surface area contributed by atoms with E-state index in [4.69, 9.17) is 4.74 Å². The zero-order valence-electron chi connectivity index (χ0n) is 15.9. The summed E-state index contributed by atoms with van der Waals surface area (Å²) in [5.41, 5.74) is 1.94. The van der Waals surface area contributed by atoms with E-state index in [9.17, 15) is 13.2 Å². The number of rotatable bonds is 4. The summed E-state index contributed by atoms with van der Waals surface area (Å²) in [6.45, 7) is 2.38. The third-order valence-corrected chi connectivity index (χ3v) is 5.20. The van der Waals surface area contributed by atoms with Crippen molar-refractivity contribution >= 4 is 0 Å². The Balaban J connectivity index is 1.56. The Kier molecular flexibility index (Phi) is 5.69. The maximum atomic E-state index is 13.7. The number of nitrogens with zero attached hydrogens (tertiary/aromatic N) is 1. The molecule has 1 saturated heterocycles. The topological polar surface area (TPSA) is 12.5 Å². The number of ether oxygens (including phenoxy) is 1. The average molecular weight is 397 g/mol. The van der Waals surface area contributed by atoms with Gasteiger partial charge in [0.2, 0.25) is 0 Å². The summed E-state index contributed by atoms with van der Waals surface area (Å²) in [6, 6.07) is 23.3. The second-order valence-corrected chi connectivity index (χ2v) is 7.25. The fraction of sp³-hybridized carbons (Fsp3) is 0.250. The van der Waals surface area contributed by atoms with Crippen molar-refractivity contribution in [2.24, 2.45) is 0 Å². The first kappa shape index (κ1) is 19.7. The summed E-state index contributed by atoms with van der Waals surface area (Å²) in [7, 11) is 0. The van der Waals surface area contributed by atoms with Gasteiger partial charge in [0.25, 0.3) is 0 Å². The second kappa shape index (κ2) is 8.39. The van der Waals surface area contributed by atoms with Crippen LogP contribution >= 0.6 is 0 Å². The van der Waals surface area contributed by atoms with E-state index < -0.39 is 11.7 Å². The maximum Gasteiger partial charge on any atom is 0.417 e. The Morgan fingerprint density at radius 1 is 0.897 bits per heavy atom. The van der Waals surface area contributed by atoms with Crippen LogP contribution in [0.15, 0.2) is 78.9 Å². The quantitative estimate of drug-likeness (QED) is 0.540. The first-order chi connectivity index (χ1) is 14.0. The van der Waals surface area contributed by atoms with Crippen molar-refractivity contribution in [3.63, 3.8) is 0 Å². The van der Waals surface area contributed by atoms with E-state index >= 15 is 0 Å². The molecule has 1 unspecified atom stereocenters. The number of halogens is 3. The van der Waals surface area contributed by atoms with Crippen molar-refractivity contribution in [1.29, 1.82) is 0 Å². The monoisotopic (exact) mass is 397 g/mol. The summed E-state index contributed by atoms with van der Waals surface area (Å²) < 4.78 is 47.1. The predicted octanol–water partition coefficient (Wildman–Crippen LogP) is 5.95. The second-order valence-electron chi connectivity index (χ2n) is 7.25. The Labute approximate surface area is 168 Å². The molecule has 1 aliphatic rings. The summed E-state index contributed by atoms with van der Waals surface area (Å²) >= 11 is 0. The van der Waals surface area contributed by atoms with Gasteiger partial charge in [-0.3, -0.25) is 4.90 Å². The van der Waals surface area contributed by atoms with Crippen LogP contribution in [0.25, 0.3) is 11.1 Å². The predicted molar refractivity (Wildman–Crippen MR) is 107 cm³/mol. The smallest absolute Gasteiger partial charge is 0.371 e. The molecule has 0 aliphatic carbocycles. The first-order valence-electron chi connectivity index (χ1n) is 9.65. The van der Waals surface area contributed by atoms with Gasteiger partial charge >= 0.3 is 6.18 Å². The largest absolute Gasteiger partial charge is 0.417 e. The van der Waals surface area contributed by atoms with Gasteiger partial charge in [-0.05, 0) is 28.3 Å². The normalized spacial score (nSPS) is 18.0. The molecule has 0 aromatic heterocycles. The molecule has 3 aromatic rings. The third-order valence-electron chi connectivity index (χ3n) is 5.20. The van der Waals surface area contributed by atoms with E-state index in [0.717, 1.165) is 5.56 Å². The van der Waals surface area contributed by atoms with Crippen LogP contribution in [0.4, 0.5) is 13.2 Å². The van der Waals surface area contributed by atoms with Crippen molar-refractivity contribution in [1.82, 2.24) is 4.90 Å². The lowest BCUT2D eigenvalue weighted by atomic mass is 9.96. The fourth-order valence-corrected chi connectivity index (χ4v) is 3.77. The van der Waals surface area contributed by atoms with E-state index in [-0.39, 0.29) is 11.7 Å². The molecule has 150 valence electrons. The Bertz CT molecular complexity index is 941. The van der Waals surface area contributed by atoms with Crippen LogP contribution in [0.5, 0.6) is 0 Å². The molecular weight excluding hydrogens is 375 g/mol. The van der Waals surface area contributed by atoms with Crippen LogP contribution in [-0.2, 0) is 17.5 Å². The Hall–Kier alpha value is -2.63. The zero-order chi connectivity index (χ0) is 20.3. The first-order valence-corrected chi connectivity index (χ1v) is 9.65. The molecule has 4 rings (SSSR count). The van der Waals surface area contributed by atoms with Crippen LogP contribution in [-0.4, -0.2) is 24.6 Å². The third kappa shape index (κ3) is 4.69. The molecular formula is C24H22F3NO.